The minimum absolute atomic E-state index is 0.192. The van der Waals surface area contributed by atoms with Gasteiger partial charge in [-0.3, -0.25) is 0 Å². The van der Waals surface area contributed by atoms with Gasteiger partial charge in [-0.1, -0.05) is 32.0 Å². The third kappa shape index (κ3) is 5.32. The summed E-state index contributed by atoms with van der Waals surface area (Å²) in [6, 6.07) is 12.4. The lowest BCUT2D eigenvalue weighted by Gasteiger charge is -2.11. The van der Waals surface area contributed by atoms with Crippen molar-refractivity contribution in [1.29, 1.82) is 0 Å². The molecule has 6 heteroatoms. The molecule has 0 aliphatic carbocycles. The van der Waals surface area contributed by atoms with Crippen LogP contribution < -0.4 is 9.57 Å². The van der Waals surface area contributed by atoms with Crippen molar-refractivity contribution in [1.82, 2.24) is 4.83 Å². The molecule has 2 rings (SSSR count). The van der Waals surface area contributed by atoms with Gasteiger partial charge in [-0.15, -0.1) is 0 Å². The van der Waals surface area contributed by atoms with Crippen LogP contribution in [0.25, 0.3) is 0 Å². The molecule has 0 bridgehead atoms. The van der Waals surface area contributed by atoms with Gasteiger partial charge < -0.3 is 4.74 Å². The zero-order valence-electron chi connectivity index (χ0n) is 15.0. The van der Waals surface area contributed by atoms with E-state index in [0.717, 1.165) is 11.1 Å². The van der Waals surface area contributed by atoms with Gasteiger partial charge in [0.15, 0.2) is 0 Å². The number of nitrogens with zero attached hydrogens (tertiary/aromatic N) is 1. The molecule has 0 amide bonds. The topological polar surface area (TPSA) is 67.8 Å². The maximum atomic E-state index is 12.3. The Hall–Kier alpha value is -2.34. The van der Waals surface area contributed by atoms with Crippen molar-refractivity contribution in [2.24, 2.45) is 11.0 Å². The molecular formula is C19H24N2O3S. The third-order valence-electron chi connectivity index (χ3n) is 3.66. The SMILES string of the molecule is Cc1ccc(S(=O)(=O)N/N=C/c2ccccc2OCC(C)C)cc1C. The Bertz CT molecular complexity index is 859. The molecule has 1 N–H and O–H groups in total. The molecule has 0 aromatic heterocycles. The first-order valence-corrected chi connectivity index (χ1v) is 9.62. The molecule has 0 unspecified atom stereocenters. The van der Waals surface area contributed by atoms with E-state index >= 15 is 0 Å². The molecule has 0 aliphatic rings. The van der Waals surface area contributed by atoms with Crippen LogP contribution in [0.3, 0.4) is 0 Å². The van der Waals surface area contributed by atoms with E-state index in [2.05, 4.69) is 23.8 Å². The van der Waals surface area contributed by atoms with E-state index in [0.29, 0.717) is 23.8 Å². The van der Waals surface area contributed by atoms with E-state index < -0.39 is 10.0 Å². The normalized spacial score (nSPS) is 11.9. The Balaban J connectivity index is 2.13. The second-order valence-corrected chi connectivity index (χ2v) is 8.00. The summed E-state index contributed by atoms with van der Waals surface area (Å²) < 4.78 is 30.4. The highest BCUT2D eigenvalue weighted by molar-refractivity contribution is 7.89. The van der Waals surface area contributed by atoms with Gasteiger partial charge in [0.1, 0.15) is 5.75 Å². The molecule has 5 nitrogen and oxygen atoms in total. The second-order valence-electron chi connectivity index (χ2n) is 6.34. The van der Waals surface area contributed by atoms with Crippen LogP contribution in [-0.2, 0) is 10.0 Å². The van der Waals surface area contributed by atoms with Crippen molar-refractivity contribution in [2.45, 2.75) is 32.6 Å². The Morgan fingerprint density at radius 2 is 1.84 bits per heavy atom. The fraction of sp³-hybridized carbons (Fsp3) is 0.316. The summed E-state index contributed by atoms with van der Waals surface area (Å²) in [6.45, 7) is 8.52. The molecular weight excluding hydrogens is 336 g/mol. The standard InChI is InChI=1S/C19H24N2O3S/c1-14(2)13-24-19-8-6-5-7-17(19)12-20-21-25(22,23)18-10-9-15(3)16(4)11-18/h5-12,14,21H,13H2,1-4H3/b20-12+. The predicted octanol–water partition coefficient (Wildman–Crippen LogP) is 3.65. The Labute approximate surface area is 149 Å². The quantitative estimate of drug-likeness (QED) is 0.605. The molecule has 0 aliphatic heterocycles. The second kappa shape index (κ2) is 8.16. The van der Waals surface area contributed by atoms with Crippen LogP contribution in [0.1, 0.15) is 30.5 Å². The van der Waals surface area contributed by atoms with Crippen LogP contribution in [0.4, 0.5) is 0 Å². The fourth-order valence-corrected chi connectivity index (χ4v) is 2.95. The van der Waals surface area contributed by atoms with Gasteiger partial charge >= 0.3 is 0 Å². The average molecular weight is 360 g/mol. The molecule has 0 spiro atoms. The maximum absolute atomic E-state index is 12.3. The molecule has 134 valence electrons. The number of hydrazone groups is 1. The summed E-state index contributed by atoms with van der Waals surface area (Å²) in [4.78, 5) is 2.44. The Morgan fingerprint density at radius 1 is 1.12 bits per heavy atom. The first-order valence-electron chi connectivity index (χ1n) is 8.13. The molecule has 2 aromatic carbocycles. The van der Waals surface area contributed by atoms with Crippen molar-refractivity contribution in [3.63, 3.8) is 0 Å². The van der Waals surface area contributed by atoms with E-state index in [-0.39, 0.29) is 4.90 Å². The lowest BCUT2D eigenvalue weighted by atomic mass is 10.1. The smallest absolute Gasteiger partial charge is 0.276 e. The molecule has 0 saturated carbocycles. The molecule has 0 radical (unpaired) electrons. The summed E-state index contributed by atoms with van der Waals surface area (Å²) in [7, 11) is -3.70. The molecule has 25 heavy (non-hydrogen) atoms. The van der Waals surface area contributed by atoms with Crippen LogP contribution in [0.2, 0.25) is 0 Å². The van der Waals surface area contributed by atoms with Crippen LogP contribution in [0.15, 0.2) is 52.5 Å². The van der Waals surface area contributed by atoms with Crippen molar-refractivity contribution in [2.75, 3.05) is 6.61 Å². The summed E-state index contributed by atoms with van der Waals surface area (Å²) in [5, 5.41) is 3.89. The van der Waals surface area contributed by atoms with E-state index in [1.807, 2.05) is 38.1 Å². The molecule has 0 fully saturated rings. The Kier molecular flexibility index (Phi) is 6.20. The number of rotatable bonds is 7. The molecule has 2 aromatic rings. The van der Waals surface area contributed by atoms with Crippen molar-refractivity contribution >= 4 is 16.2 Å². The number of ether oxygens (including phenoxy) is 1. The number of nitrogens with one attached hydrogen (secondary N) is 1. The zero-order chi connectivity index (χ0) is 18.4. The number of hydrogen-bond donors (Lipinski definition) is 1. The summed E-state index contributed by atoms with van der Waals surface area (Å²) >= 11 is 0. The molecule has 0 saturated heterocycles. The van der Waals surface area contributed by atoms with Gasteiger partial charge in [0.05, 0.1) is 17.7 Å². The van der Waals surface area contributed by atoms with E-state index in [1.165, 1.54) is 6.21 Å². The van der Waals surface area contributed by atoms with E-state index in [4.69, 9.17) is 4.74 Å². The molecule has 0 atom stereocenters. The first-order chi connectivity index (χ1) is 11.8. The average Bonchev–Trinajstić information content (AvgIpc) is 2.56. The van der Waals surface area contributed by atoms with Gasteiger partial charge in [0.2, 0.25) is 0 Å². The first kappa shape index (κ1) is 19.0. The Morgan fingerprint density at radius 3 is 2.52 bits per heavy atom. The number of benzene rings is 2. The lowest BCUT2D eigenvalue weighted by Crippen LogP contribution is -2.18. The van der Waals surface area contributed by atoms with Crippen molar-refractivity contribution in [3.8, 4) is 5.75 Å². The van der Waals surface area contributed by atoms with Crippen molar-refractivity contribution < 1.29 is 13.2 Å². The van der Waals surface area contributed by atoms with Gasteiger partial charge in [-0.05, 0) is 55.2 Å². The van der Waals surface area contributed by atoms with Crippen LogP contribution in [-0.4, -0.2) is 21.2 Å². The minimum atomic E-state index is -3.70. The van der Waals surface area contributed by atoms with Gasteiger partial charge in [0, 0.05) is 5.56 Å². The highest BCUT2D eigenvalue weighted by Gasteiger charge is 2.13. The van der Waals surface area contributed by atoms with Crippen LogP contribution in [0.5, 0.6) is 5.75 Å². The monoisotopic (exact) mass is 360 g/mol. The van der Waals surface area contributed by atoms with Gasteiger partial charge in [0.25, 0.3) is 10.0 Å². The fourth-order valence-electron chi connectivity index (χ4n) is 2.07. The van der Waals surface area contributed by atoms with E-state index in [1.54, 1.807) is 18.2 Å². The highest BCUT2D eigenvalue weighted by Crippen LogP contribution is 2.17. The van der Waals surface area contributed by atoms with Gasteiger partial charge in [-0.25, -0.2) is 4.83 Å². The summed E-state index contributed by atoms with van der Waals surface area (Å²) in [5.41, 5.74) is 2.67. The third-order valence-corrected chi connectivity index (χ3v) is 4.88. The number of hydrogen-bond acceptors (Lipinski definition) is 4. The summed E-state index contributed by atoms with van der Waals surface area (Å²) in [6.07, 6.45) is 1.45. The van der Waals surface area contributed by atoms with Crippen LogP contribution >= 0.6 is 0 Å². The van der Waals surface area contributed by atoms with Crippen molar-refractivity contribution in [3.05, 3.63) is 59.2 Å². The van der Waals surface area contributed by atoms with E-state index in [9.17, 15) is 8.42 Å². The summed E-state index contributed by atoms with van der Waals surface area (Å²) in [5.74, 6) is 1.07. The minimum Gasteiger partial charge on any atom is -0.493 e. The number of aryl methyl sites for hydroxylation is 2. The maximum Gasteiger partial charge on any atom is 0.276 e. The highest BCUT2D eigenvalue weighted by atomic mass is 32.2. The van der Waals surface area contributed by atoms with Crippen LogP contribution in [0, 0.1) is 19.8 Å². The lowest BCUT2D eigenvalue weighted by molar-refractivity contribution is 0.270. The number of para-hydroxylation sites is 1. The zero-order valence-corrected chi connectivity index (χ0v) is 15.8. The largest absolute Gasteiger partial charge is 0.493 e. The number of sulfonamides is 1. The molecule has 0 heterocycles. The predicted molar refractivity (Wildman–Crippen MR) is 101 cm³/mol. The van der Waals surface area contributed by atoms with Gasteiger partial charge in [-0.2, -0.15) is 13.5 Å².